The van der Waals surface area contributed by atoms with E-state index in [1.165, 1.54) is 6.26 Å². The lowest BCUT2D eigenvalue weighted by Gasteiger charge is -2.08. The monoisotopic (exact) mass is 217 g/mol. The molecule has 1 aromatic rings. The van der Waals surface area contributed by atoms with Crippen LogP contribution >= 0.6 is 0 Å². The predicted molar refractivity (Wildman–Crippen MR) is 54.8 cm³/mol. The van der Waals surface area contributed by atoms with Gasteiger partial charge in [-0.3, -0.25) is 0 Å². The van der Waals surface area contributed by atoms with Gasteiger partial charge in [0.15, 0.2) is 0 Å². The number of hydrogen-bond acceptors (Lipinski definition) is 4. The van der Waals surface area contributed by atoms with Crippen LogP contribution in [0.4, 0.5) is 0 Å². The maximum atomic E-state index is 11.0. The van der Waals surface area contributed by atoms with E-state index in [4.69, 9.17) is 10.2 Å². The van der Waals surface area contributed by atoms with Crippen molar-refractivity contribution in [2.45, 2.75) is 19.9 Å². The molecule has 5 heteroatoms. The highest BCUT2D eigenvalue weighted by Crippen LogP contribution is 2.20. The number of rotatable bonds is 3. The molecule has 0 radical (unpaired) electrons. The molecule has 1 rings (SSSR count). The number of aryl methyl sites for hydroxylation is 2. The van der Waals surface area contributed by atoms with Crippen LogP contribution in [-0.2, 0) is 9.84 Å². The van der Waals surface area contributed by atoms with Gasteiger partial charge in [0.25, 0.3) is 0 Å². The van der Waals surface area contributed by atoms with E-state index in [1.807, 2.05) is 6.92 Å². The molecule has 1 unspecified atom stereocenters. The van der Waals surface area contributed by atoms with Crippen LogP contribution in [0.3, 0.4) is 0 Å². The first-order chi connectivity index (χ1) is 6.29. The van der Waals surface area contributed by atoms with Gasteiger partial charge in [0.1, 0.15) is 21.4 Å². The van der Waals surface area contributed by atoms with Crippen molar-refractivity contribution in [1.82, 2.24) is 0 Å². The van der Waals surface area contributed by atoms with E-state index in [0.717, 1.165) is 11.3 Å². The maximum absolute atomic E-state index is 11.0. The third-order valence-corrected chi connectivity index (χ3v) is 2.93. The third-order valence-electron chi connectivity index (χ3n) is 1.96. The minimum Gasteiger partial charge on any atom is -0.466 e. The highest BCUT2D eigenvalue weighted by atomic mass is 32.2. The van der Waals surface area contributed by atoms with Crippen LogP contribution in [0.5, 0.6) is 0 Å². The van der Waals surface area contributed by atoms with Gasteiger partial charge in [0, 0.05) is 17.9 Å². The fourth-order valence-corrected chi connectivity index (χ4v) is 2.27. The van der Waals surface area contributed by atoms with Gasteiger partial charge in [0.2, 0.25) is 0 Å². The molecule has 1 aromatic heterocycles. The summed E-state index contributed by atoms with van der Waals surface area (Å²) in [4.78, 5) is 0. The predicted octanol–water partition coefficient (Wildman–Crippen LogP) is 0.941. The summed E-state index contributed by atoms with van der Waals surface area (Å²) in [6.07, 6.45) is 1.18. The number of nitrogens with two attached hydrogens (primary N) is 1. The van der Waals surface area contributed by atoms with Crippen molar-refractivity contribution in [3.8, 4) is 0 Å². The van der Waals surface area contributed by atoms with E-state index < -0.39 is 15.9 Å². The normalized spacial score (nSPS) is 14.3. The smallest absolute Gasteiger partial charge is 0.149 e. The van der Waals surface area contributed by atoms with E-state index in [9.17, 15) is 8.42 Å². The molecule has 0 spiro atoms. The lowest BCUT2D eigenvalue weighted by atomic mass is 10.1. The van der Waals surface area contributed by atoms with Crippen molar-refractivity contribution < 1.29 is 12.8 Å². The average molecular weight is 217 g/mol. The molecule has 0 aliphatic heterocycles. The molecule has 0 amide bonds. The van der Waals surface area contributed by atoms with Gasteiger partial charge < -0.3 is 10.2 Å². The Morgan fingerprint density at radius 1 is 1.50 bits per heavy atom. The highest BCUT2D eigenvalue weighted by Gasteiger charge is 2.17. The largest absolute Gasteiger partial charge is 0.466 e. The van der Waals surface area contributed by atoms with Gasteiger partial charge >= 0.3 is 0 Å². The van der Waals surface area contributed by atoms with Crippen molar-refractivity contribution >= 4 is 9.84 Å². The summed E-state index contributed by atoms with van der Waals surface area (Å²) in [6, 6.07) is 1.29. The molecule has 0 saturated heterocycles. The van der Waals surface area contributed by atoms with Crippen LogP contribution < -0.4 is 5.73 Å². The molecule has 1 heterocycles. The number of sulfone groups is 1. The van der Waals surface area contributed by atoms with Crippen molar-refractivity contribution in [2.75, 3.05) is 12.0 Å². The average Bonchev–Trinajstić information content (AvgIpc) is 2.26. The fourth-order valence-electron chi connectivity index (χ4n) is 1.43. The highest BCUT2D eigenvalue weighted by molar-refractivity contribution is 7.90. The third kappa shape index (κ3) is 2.85. The summed E-state index contributed by atoms with van der Waals surface area (Å²) in [7, 11) is -3.05. The topological polar surface area (TPSA) is 73.3 Å². The van der Waals surface area contributed by atoms with Gasteiger partial charge in [-0.15, -0.1) is 0 Å². The van der Waals surface area contributed by atoms with Crippen molar-refractivity contribution in [3.63, 3.8) is 0 Å². The Kier molecular flexibility index (Phi) is 3.01. The first-order valence-corrected chi connectivity index (χ1v) is 6.36. The summed E-state index contributed by atoms with van der Waals surface area (Å²) in [5.74, 6) is 1.40. The van der Waals surface area contributed by atoms with Crippen LogP contribution in [-0.4, -0.2) is 20.4 Å². The number of furan rings is 1. The van der Waals surface area contributed by atoms with Crippen LogP contribution in [0.25, 0.3) is 0 Å². The van der Waals surface area contributed by atoms with Crippen LogP contribution in [0, 0.1) is 13.8 Å². The minimum absolute atomic E-state index is 0.0488. The lowest BCUT2D eigenvalue weighted by Crippen LogP contribution is -2.20. The first kappa shape index (κ1) is 11.3. The molecule has 0 aromatic carbocycles. The Morgan fingerprint density at radius 3 is 2.43 bits per heavy atom. The second-order valence-corrected chi connectivity index (χ2v) is 5.75. The Bertz CT molecular complexity index is 419. The summed E-state index contributed by atoms with van der Waals surface area (Å²) < 4.78 is 27.3. The zero-order valence-electron chi connectivity index (χ0n) is 8.57. The van der Waals surface area contributed by atoms with E-state index in [-0.39, 0.29) is 5.75 Å². The van der Waals surface area contributed by atoms with E-state index in [0.29, 0.717) is 5.76 Å². The zero-order valence-corrected chi connectivity index (χ0v) is 9.39. The molecule has 2 N–H and O–H groups in total. The second-order valence-electron chi connectivity index (χ2n) is 3.57. The number of hydrogen-bond donors (Lipinski definition) is 1. The van der Waals surface area contributed by atoms with Crippen molar-refractivity contribution in [1.29, 1.82) is 0 Å². The molecule has 80 valence electrons. The molecule has 4 nitrogen and oxygen atoms in total. The molecule has 0 aliphatic rings. The summed E-state index contributed by atoms with van der Waals surface area (Å²) in [5.41, 5.74) is 6.53. The molecule has 1 atom stereocenters. The molecular formula is C9H15NO3S. The lowest BCUT2D eigenvalue weighted by molar-refractivity contribution is 0.498. The van der Waals surface area contributed by atoms with Gasteiger partial charge in [-0.25, -0.2) is 8.42 Å². The first-order valence-electron chi connectivity index (χ1n) is 4.30. The standard InChI is InChI=1S/C9H15NO3S/c1-6-4-8(7(2)13-6)9(10)5-14(3,11)12/h4,9H,5,10H2,1-3H3. The summed E-state index contributed by atoms with van der Waals surface area (Å²) in [6.45, 7) is 3.59. The maximum Gasteiger partial charge on any atom is 0.149 e. The van der Waals surface area contributed by atoms with Gasteiger partial charge in [-0.05, 0) is 19.9 Å². The summed E-state index contributed by atoms with van der Waals surface area (Å²) >= 11 is 0. The molecule has 0 aliphatic carbocycles. The molecule has 14 heavy (non-hydrogen) atoms. The Labute approximate surface area is 84.0 Å². The van der Waals surface area contributed by atoms with Crippen molar-refractivity contribution in [3.05, 3.63) is 23.2 Å². The molecule has 0 saturated carbocycles. The van der Waals surface area contributed by atoms with Gasteiger partial charge in [-0.1, -0.05) is 0 Å². The Hall–Kier alpha value is -0.810. The van der Waals surface area contributed by atoms with E-state index >= 15 is 0 Å². The Morgan fingerprint density at radius 2 is 2.07 bits per heavy atom. The van der Waals surface area contributed by atoms with E-state index in [1.54, 1.807) is 13.0 Å². The quantitative estimate of drug-likeness (QED) is 0.817. The summed E-state index contributed by atoms with van der Waals surface area (Å²) in [5, 5.41) is 0. The van der Waals surface area contributed by atoms with Crippen LogP contribution in [0.1, 0.15) is 23.1 Å². The second kappa shape index (κ2) is 3.74. The minimum atomic E-state index is -3.05. The molecule has 0 fully saturated rings. The van der Waals surface area contributed by atoms with Gasteiger partial charge in [0.05, 0.1) is 5.75 Å². The fraction of sp³-hybridized carbons (Fsp3) is 0.556. The zero-order chi connectivity index (χ0) is 10.9. The van der Waals surface area contributed by atoms with Crippen molar-refractivity contribution in [2.24, 2.45) is 5.73 Å². The van der Waals surface area contributed by atoms with Gasteiger partial charge in [-0.2, -0.15) is 0 Å². The van der Waals surface area contributed by atoms with Crippen LogP contribution in [0.2, 0.25) is 0 Å². The SMILES string of the molecule is Cc1cc(C(N)CS(C)(=O)=O)c(C)o1. The Balaban J connectivity index is 2.90. The van der Waals surface area contributed by atoms with Crippen LogP contribution in [0.15, 0.2) is 10.5 Å². The van der Waals surface area contributed by atoms with E-state index in [2.05, 4.69) is 0 Å². The molecule has 0 bridgehead atoms. The molecular weight excluding hydrogens is 202 g/mol.